The summed E-state index contributed by atoms with van der Waals surface area (Å²) in [4.78, 5) is 0. The molecule has 1 N–H and O–H groups in total. The maximum Gasteiger partial charge on any atom is 0.191 e. The zero-order valence-electron chi connectivity index (χ0n) is 14.2. The highest BCUT2D eigenvalue weighted by Crippen LogP contribution is 2.27. The number of nitrogens with zero attached hydrogens (tertiary/aromatic N) is 3. The van der Waals surface area contributed by atoms with E-state index in [1.54, 1.807) is 18.9 Å². The highest BCUT2D eigenvalue weighted by atomic mass is 32.2. The van der Waals surface area contributed by atoms with Crippen LogP contribution in [-0.2, 0) is 7.05 Å². The lowest BCUT2D eigenvalue weighted by Gasteiger charge is -2.21. The molecule has 0 saturated carbocycles. The Kier molecular flexibility index (Phi) is 5.98. The van der Waals surface area contributed by atoms with Gasteiger partial charge in [0.05, 0.1) is 13.7 Å². The summed E-state index contributed by atoms with van der Waals surface area (Å²) >= 11 is 1.67. The predicted octanol–water partition coefficient (Wildman–Crippen LogP) is 2.46. The van der Waals surface area contributed by atoms with Crippen LogP contribution < -0.4 is 14.8 Å². The summed E-state index contributed by atoms with van der Waals surface area (Å²) in [5.74, 6) is 3.89. The van der Waals surface area contributed by atoms with Crippen molar-refractivity contribution in [3.63, 3.8) is 0 Å². The second kappa shape index (κ2) is 8.39. The molecule has 0 bridgehead atoms. The molecule has 1 aromatic heterocycles. The van der Waals surface area contributed by atoms with Crippen molar-refractivity contribution in [2.45, 2.75) is 23.9 Å². The zero-order chi connectivity index (χ0) is 16.8. The number of rotatable bonds is 7. The fourth-order valence-corrected chi connectivity index (χ4v) is 3.64. The lowest BCUT2D eigenvalue weighted by Crippen LogP contribution is -2.29. The fraction of sp³-hybridized carbons (Fsp3) is 0.529. The number of hydrogen-bond acceptors (Lipinski definition) is 6. The Morgan fingerprint density at radius 2 is 2.12 bits per heavy atom. The molecule has 2 heterocycles. The number of piperidine rings is 1. The van der Waals surface area contributed by atoms with E-state index in [4.69, 9.17) is 9.47 Å². The number of hydrogen-bond donors (Lipinski definition) is 1. The third kappa shape index (κ3) is 4.02. The molecule has 6 nitrogen and oxygen atoms in total. The first kappa shape index (κ1) is 17.1. The number of nitrogens with one attached hydrogen (secondary N) is 1. The van der Waals surface area contributed by atoms with Crippen molar-refractivity contribution < 1.29 is 9.47 Å². The Morgan fingerprint density at radius 3 is 2.88 bits per heavy atom. The van der Waals surface area contributed by atoms with Gasteiger partial charge < -0.3 is 19.4 Å². The van der Waals surface area contributed by atoms with Crippen LogP contribution in [0.1, 0.15) is 24.6 Å². The van der Waals surface area contributed by atoms with Gasteiger partial charge in [-0.25, -0.2) is 0 Å². The smallest absolute Gasteiger partial charge is 0.191 e. The molecular formula is C17H24N4O2S. The monoisotopic (exact) mass is 348 g/mol. The minimum atomic E-state index is 0.468. The quantitative estimate of drug-likeness (QED) is 0.613. The molecule has 0 amide bonds. The van der Waals surface area contributed by atoms with Crippen LogP contribution in [0.3, 0.4) is 0 Å². The minimum Gasteiger partial charge on any atom is -0.493 e. The third-order valence-corrected chi connectivity index (χ3v) is 5.16. The van der Waals surface area contributed by atoms with E-state index in [1.807, 2.05) is 31.3 Å². The second-order valence-electron chi connectivity index (χ2n) is 5.79. The van der Waals surface area contributed by atoms with Crippen molar-refractivity contribution >= 4 is 11.8 Å². The van der Waals surface area contributed by atoms with E-state index in [0.717, 1.165) is 41.3 Å². The standard InChI is InChI=1S/C17H24N4O2S/c1-21-16(13-6-5-9-18-12-13)19-20-17(21)24-11-10-23-15-8-4-3-7-14(15)22-2/h3-4,7-8,13,18H,5-6,9-12H2,1-2H3/t13-/m0/s1. The Hall–Kier alpha value is -1.73. The van der Waals surface area contributed by atoms with Crippen molar-refractivity contribution in [3.05, 3.63) is 30.1 Å². The van der Waals surface area contributed by atoms with Crippen molar-refractivity contribution in [3.8, 4) is 11.5 Å². The third-order valence-electron chi connectivity index (χ3n) is 4.17. The Labute approximate surface area is 146 Å². The number of aromatic nitrogens is 3. The van der Waals surface area contributed by atoms with E-state index < -0.39 is 0 Å². The summed E-state index contributed by atoms with van der Waals surface area (Å²) in [5.41, 5.74) is 0. The van der Waals surface area contributed by atoms with E-state index >= 15 is 0 Å². The van der Waals surface area contributed by atoms with Gasteiger partial charge in [-0.3, -0.25) is 0 Å². The van der Waals surface area contributed by atoms with Gasteiger partial charge in [-0.15, -0.1) is 10.2 Å². The van der Waals surface area contributed by atoms with E-state index in [0.29, 0.717) is 12.5 Å². The van der Waals surface area contributed by atoms with Gasteiger partial charge in [-0.2, -0.15) is 0 Å². The predicted molar refractivity (Wildman–Crippen MR) is 95.1 cm³/mol. The molecule has 1 aliphatic heterocycles. The lowest BCUT2D eigenvalue weighted by molar-refractivity contribution is 0.313. The van der Waals surface area contributed by atoms with Crippen LogP contribution in [0.15, 0.2) is 29.4 Å². The van der Waals surface area contributed by atoms with Crippen LogP contribution >= 0.6 is 11.8 Å². The van der Waals surface area contributed by atoms with E-state index in [1.165, 1.54) is 12.8 Å². The number of thioether (sulfide) groups is 1. The number of benzene rings is 1. The Bertz CT molecular complexity index is 656. The first-order valence-corrected chi connectivity index (χ1v) is 9.26. The van der Waals surface area contributed by atoms with Crippen LogP contribution in [0.2, 0.25) is 0 Å². The van der Waals surface area contributed by atoms with E-state index in [-0.39, 0.29) is 0 Å². The number of ether oxygens (including phenoxy) is 2. The molecule has 0 radical (unpaired) electrons. The van der Waals surface area contributed by atoms with Gasteiger partial charge in [0.1, 0.15) is 5.82 Å². The second-order valence-corrected chi connectivity index (χ2v) is 6.85. The molecule has 1 atom stereocenters. The fourth-order valence-electron chi connectivity index (χ4n) is 2.90. The first-order valence-electron chi connectivity index (χ1n) is 8.28. The molecule has 7 heteroatoms. The SMILES string of the molecule is COc1ccccc1OCCSc1nnc([C@H]2CCCNC2)n1C. The van der Waals surface area contributed by atoms with Gasteiger partial charge in [0.2, 0.25) is 0 Å². The average Bonchev–Trinajstić information content (AvgIpc) is 3.00. The minimum absolute atomic E-state index is 0.468. The van der Waals surface area contributed by atoms with Gasteiger partial charge in [0, 0.05) is 25.3 Å². The molecule has 130 valence electrons. The molecule has 24 heavy (non-hydrogen) atoms. The summed E-state index contributed by atoms with van der Waals surface area (Å²) in [6, 6.07) is 7.69. The van der Waals surface area contributed by atoms with Crippen LogP contribution in [0, 0.1) is 0 Å². The summed E-state index contributed by atoms with van der Waals surface area (Å²) in [7, 11) is 3.70. The van der Waals surface area contributed by atoms with Gasteiger partial charge in [0.15, 0.2) is 16.7 Å². The zero-order valence-corrected chi connectivity index (χ0v) is 15.0. The topological polar surface area (TPSA) is 61.2 Å². The summed E-state index contributed by atoms with van der Waals surface area (Å²) < 4.78 is 13.2. The number of methoxy groups -OCH3 is 1. The molecule has 3 rings (SSSR count). The van der Waals surface area contributed by atoms with Crippen LogP contribution in [0.4, 0.5) is 0 Å². The molecule has 0 spiro atoms. The largest absolute Gasteiger partial charge is 0.493 e. The molecule has 1 fully saturated rings. The lowest BCUT2D eigenvalue weighted by atomic mass is 9.99. The highest BCUT2D eigenvalue weighted by Gasteiger charge is 2.21. The van der Waals surface area contributed by atoms with Gasteiger partial charge in [0.25, 0.3) is 0 Å². The van der Waals surface area contributed by atoms with Crippen molar-refractivity contribution in [2.24, 2.45) is 7.05 Å². The molecule has 0 unspecified atom stereocenters. The molecule has 1 aliphatic rings. The van der Waals surface area contributed by atoms with Crippen molar-refractivity contribution in [1.82, 2.24) is 20.1 Å². The van der Waals surface area contributed by atoms with Crippen molar-refractivity contribution in [2.75, 3.05) is 32.6 Å². The molecule has 2 aromatic rings. The Morgan fingerprint density at radius 1 is 1.29 bits per heavy atom. The highest BCUT2D eigenvalue weighted by molar-refractivity contribution is 7.99. The van der Waals surface area contributed by atoms with E-state index in [9.17, 15) is 0 Å². The summed E-state index contributed by atoms with van der Waals surface area (Å²) in [5, 5.41) is 13.1. The summed E-state index contributed by atoms with van der Waals surface area (Å²) in [6.45, 7) is 2.70. The molecule has 1 aromatic carbocycles. The average molecular weight is 348 g/mol. The van der Waals surface area contributed by atoms with E-state index in [2.05, 4.69) is 20.1 Å². The van der Waals surface area contributed by atoms with Crippen LogP contribution in [0.25, 0.3) is 0 Å². The van der Waals surface area contributed by atoms with Crippen LogP contribution in [-0.4, -0.2) is 47.3 Å². The summed E-state index contributed by atoms with van der Waals surface area (Å²) in [6.07, 6.45) is 2.38. The Balaban J connectivity index is 1.51. The maximum atomic E-state index is 5.80. The number of para-hydroxylation sites is 2. The van der Waals surface area contributed by atoms with Gasteiger partial charge in [-0.05, 0) is 31.5 Å². The van der Waals surface area contributed by atoms with Crippen molar-refractivity contribution in [1.29, 1.82) is 0 Å². The first-order chi connectivity index (χ1) is 11.8. The molecule has 1 saturated heterocycles. The normalized spacial score (nSPS) is 17.7. The molecule has 0 aliphatic carbocycles. The van der Waals surface area contributed by atoms with Gasteiger partial charge >= 0.3 is 0 Å². The molecular weight excluding hydrogens is 324 g/mol. The van der Waals surface area contributed by atoms with Gasteiger partial charge in [-0.1, -0.05) is 23.9 Å². The maximum absolute atomic E-state index is 5.80. The van der Waals surface area contributed by atoms with Crippen LogP contribution in [0.5, 0.6) is 11.5 Å².